The highest BCUT2D eigenvalue weighted by atomic mass is 16.5. The van der Waals surface area contributed by atoms with Gasteiger partial charge in [0.2, 0.25) is 0 Å². The molecule has 20 heavy (non-hydrogen) atoms. The van der Waals surface area contributed by atoms with Gasteiger partial charge in [-0.1, -0.05) is 18.2 Å². The Morgan fingerprint density at radius 1 is 1.20 bits per heavy atom. The van der Waals surface area contributed by atoms with E-state index in [0.29, 0.717) is 19.0 Å². The normalized spacial score (nSPS) is 13.9. The van der Waals surface area contributed by atoms with Crippen LogP contribution in [0.15, 0.2) is 18.2 Å². The van der Waals surface area contributed by atoms with E-state index < -0.39 is 0 Å². The van der Waals surface area contributed by atoms with Gasteiger partial charge in [0.05, 0.1) is 18.9 Å². The van der Waals surface area contributed by atoms with E-state index in [0.717, 1.165) is 29.1 Å². The highest BCUT2D eigenvalue weighted by Crippen LogP contribution is 2.29. The monoisotopic (exact) mass is 270 g/mol. The minimum Gasteiger partial charge on any atom is -0.376 e. The maximum Gasteiger partial charge on any atom is 0.162 e. The molecule has 0 bridgehead atoms. The summed E-state index contributed by atoms with van der Waals surface area (Å²) in [5.41, 5.74) is 8.08. The second-order valence-corrected chi connectivity index (χ2v) is 5.03. The summed E-state index contributed by atoms with van der Waals surface area (Å²) < 4.78 is 5.46. The Hall–Kier alpha value is -1.98. The molecule has 1 aromatic carbocycles. The Bertz CT molecular complexity index is 617. The lowest BCUT2D eigenvalue weighted by Gasteiger charge is -2.20. The number of hydrazine groups is 1. The molecule has 0 atom stereocenters. The summed E-state index contributed by atoms with van der Waals surface area (Å²) in [5.74, 6) is 6.99. The number of ether oxygens (including phenoxy) is 1. The van der Waals surface area contributed by atoms with Crippen LogP contribution in [0.3, 0.4) is 0 Å². The lowest BCUT2D eigenvalue weighted by molar-refractivity contribution is 0.109. The van der Waals surface area contributed by atoms with Crippen molar-refractivity contribution in [1.82, 2.24) is 9.97 Å². The van der Waals surface area contributed by atoms with E-state index in [2.05, 4.69) is 36.4 Å². The number of rotatable bonds is 2. The molecule has 1 aromatic heterocycles. The highest BCUT2D eigenvalue weighted by molar-refractivity contribution is 5.66. The Morgan fingerprint density at radius 2 is 1.95 bits per heavy atom. The van der Waals surface area contributed by atoms with Gasteiger partial charge in [0, 0.05) is 17.5 Å². The number of anilines is 1. The summed E-state index contributed by atoms with van der Waals surface area (Å²) >= 11 is 0. The number of nitrogens with two attached hydrogens (primary N) is 1. The number of benzene rings is 1. The van der Waals surface area contributed by atoms with Gasteiger partial charge >= 0.3 is 0 Å². The molecular formula is C15H18N4O. The molecule has 0 spiro atoms. The van der Waals surface area contributed by atoms with E-state index in [1.807, 2.05) is 6.07 Å². The van der Waals surface area contributed by atoms with Crippen molar-refractivity contribution in [1.29, 1.82) is 0 Å². The van der Waals surface area contributed by atoms with Crippen LogP contribution in [0.1, 0.15) is 22.4 Å². The van der Waals surface area contributed by atoms with Gasteiger partial charge < -0.3 is 10.2 Å². The first-order valence-electron chi connectivity index (χ1n) is 6.71. The van der Waals surface area contributed by atoms with Crippen molar-refractivity contribution in [2.75, 3.05) is 12.0 Å². The number of nitrogens with zero attached hydrogens (tertiary/aromatic N) is 2. The molecule has 0 unspecified atom stereocenters. The topological polar surface area (TPSA) is 73.1 Å². The third-order valence-electron chi connectivity index (χ3n) is 3.66. The average Bonchev–Trinajstić information content (AvgIpc) is 2.46. The van der Waals surface area contributed by atoms with Crippen LogP contribution >= 0.6 is 0 Å². The minimum absolute atomic E-state index is 0.516. The van der Waals surface area contributed by atoms with Crippen LogP contribution in [-0.2, 0) is 17.8 Å². The van der Waals surface area contributed by atoms with Crippen LogP contribution in [0.2, 0.25) is 0 Å². The molecule has 0 aliphatic carbocycles. The van der Waals surface area contributed by atoms with Crippen LogP contribution < -0.4 is 11.3 Å². The van der Waals surface area contributed by atoms with Crippen LogP contribution in [0, 0.1) is 13.8 Å². The minimum atomic E-state index is 0.516. The first-order valence-corrected chi connectivity index (χ1v) is 6.71. The fourth-order valence-electron chi connectivity index (χ4n) is 2.63. The molecular weight excluding hydrogens is 252 g/mol. The Labute approximate surface area is 118 Å². The third kappa shape index (κ3) is 2.15. The third-order valence-corrected chi connectivity index (χ3v) is 3.66. The fourth-order valence-corrected chi connectivity index (χ4v) is 2.63. The van der Waals surface area contributed by atoms with Crippen molar-refractivity contribution in [3.63, 3.8) is 0 Å². The van der Waals surface area contributed by atoms with Crippen molar-refractivity contribution in [3.05, 3.63) is 40.6 Å². The van der Waals surface area contributed by atoms with Crippen molar-refractivity contribution in [3.8, 4) is 11.4 Å². The maximum atomic E-state index is 5.60. The van der Waals surface area contributed by atoms with Gasteiger partial charge in [-0.25, -0.2) is 15.8 Å². The van der Waals surface area contributed by atoms with Crippen LogP contribution in [-0.4, -0.2) is 16.6 Å². The largest absolute Gasteiger partial charge is 0.376 e. The number of nitrogen functional groups attached to an aromatic ring is 1. The smallest absolute Gasteiger partial charge is 0.162 e. The number of aryl methyl sites for hydroxylation is 2. The Kier molecular flexibility index (Phi) is 3.38. The van der Waals surface area contributed by atoms with Gasteiger partial charge in [-0.15, -0.1) is 0 Å². The summed E-state index contributed by atoms with van der Waals surface area (Å²) in [4.78, 5) is 9.30. The second kappa shape index (κ2) is 5.19. The molecule has 0 saturated heterocycles. The zero-order valence-electron chi connectivity index (χ0n) is 11.7. The molecule has 3 N–H and O–H groups in total. The quantitative estimate of drug-likeness (QED) is 0.646. The number of hydrogen-bond acceptors (Lipinski definition) is 5. The van der Waals surface area contributed by atoms with E-state index in [1.165, 1.54) is 11.1 Å². The van der Waals surface area contributed by atoms with Crippen molar-refractivity contribution < 1.29 is 4.74 Å². The molecule has 3 rings (SSSR count). The molecule has 1 aliphatic rings. The summed E-state index contributed by atoms with van der Waals surface area (Å²) in [7, 11) is 0. The Morgan fingerprint density at radius 3 is 2.65 bits per heavy atom. The molecule has 0 saturated carbocycles. The molecule has 104 valence electrons. The zero-order chi connectivity index (χ0) is 14.1. The van der Waals surface area contributed by atoms with E-state index in [9.17, 15) is 0 Å². The second-order valence-electron chi connectivity index (χ2n) is 5.03. The van der Waals surface area contributed by atoms with Gasteiger partial charge in [-0.3, -0.25) is 0 Å². The van der Waals surface area contributed by atoms with Gasteiger partial charge in [-0.2, -0.15) is 0 Å². The van der Waals surface area contributed by atoms with E-state index in [4.69, 9.17) is 15.6 Å². The molecule has 0 radical (unpaired) electrons. The average molecular weight is 270 g/mol. The van der Waals surface area contributed by atoms with Gasteiger partial charge in [0.15, 0.2) is 5.82 Å². The number of hydrogen-bond donors (Lipinski definition) is 2. The first-order chi connectivity index (χ1) is 9.70. The van der Waals surface area contributed by atoms with Crippen molar-refractivity contribution >= 4 is 5.82 Å². The van der Waals surface area contributed by atoms with Gasteiger partial charge in [0.1, 0.15) is 5.82 Å². The zero-order valence-corrected chi connectivity index (χ0v) is 11.7. The summed E-state index contributed by atoms with van der Waals surface area (Å²) in [6.07, 6.45) is 0.796. The molecule has 2 aromatic rings. The standard InChI is InChI=1S/C15H18N4O/c1-9-4-3-5-10(2)13(9)15-17-12-6-7-20-8-11(12)14(18-15)19-16/h3-5H,6-8,16H2,1-2H3,(H,17,18,19). The lowest BCUT2D eigenvalue weighted by atomic mass is 10.0. The van der Waals surface area contributed by atoms with E-state index in [-0.39, 0.29) is 0 Å². The Balaban J connectivity index is 2.20. The summed E-state index contributed by atoms with van der Waals surface area (Å²) in [6.45, 7) is 5.36. The molecule has 0 amide bonds. The fraction of sp³-hybridized carbons (Fsp3) is 0.333. The number of fused-ring (bicyclic) bond motifs is 1. The highest BCUT2D eigenvalue weighted by Gasteiger charge is 2.19. The van der Waals surface area contributed by atoms with Gasteiger partial charge in [-0.05, 0) is 25.0 Å². The summed E-state index contributed by atoms with van der Waals surface area (Å²) in [6, 6.07) is 6.19. The molecule has 5 nitrogen and oxygen atoms in total. The van der Waals surface area contributed by atoms with E-state index >= 15 is 0 Å². The number of nitrogens with one attached hydrogen (secondary N) is 1. The van der Waals surface area contributed by atoms with Crippen molar-refractivity contribution in [2.45, 2.75) is 26.9 Å². The molecule has 2 heterocycles. The maximum absolute atomic E-state index is 5.60. The molecule has 5 heteroatoms. The lowest BCUT2D eigenvalue weighted by Crippen LogP contribution is -2.19. The van der Waals surface area contributed by atoms with Crippen LogP contribution in [0.4, 0.5) is 5.82 Å². The first kappa shape index (κ1) is 13.0. The van der Waals surface area contributed by atoms with Crippen LogP contribution in [0.25, 0.3) is 11.4 Å². The SMILES string of the molecule is Cc1cccc(C)c1-c1nc2c(c(NN)n1)COCC2. The van der Waals surface area contributed by atoms with Crippen molar-refractivity contribution in [2.24, 2.45) is 5.84 Å². The summed E-state index contributed by atoms with van der Waals surface area (Å²) in [5, 5.41) is 0. The van der Waals surface area contributed by atoms with Gasteiger partial charge in [0.25, 0.3) is 0 Å². The molecule has 1 aliphatic heterocycles. The number of aromatic nitrogens is 2. The van der Waals surface area contributed by atoms with Crippen LogP contribution in [0.5, 0.6) is 0 Å². The molecule has 0 fully saturated rings. The predicted molar refractivity (Wildman–Crippen MR) is 78.1 cm³/mol. The van der Waals surface area contributed by atoms with E-state index in [1.54, 1.807) is 0 Å². The predicted octanol–water partition coefficient (Wildman–Crippen LogP) is 2.12.